The number of aromatic nitrogens is 5. The number of aliphatic hydroxyl groups is 5. The van der Waals surface area contributed by atoms with Gasteiger partial charge in [-0.25, -0.2) is 34.5 Å². The first-order valence-electron chi connectivity index (χ1n) is 35.6. The first-order chi connectivity index (χ1) is 53.7. The maximum atomic E-state index is 15.4. The molecular formula is C72H84N18O18S6. The second kappa shape index (κ2) is 35.7. The molecule has 5 aromatic rings. The zero-order chi connectivity index (χ0) is 83.4. The second-order valence-corrected chi connectivity index (χ2v) is 32.7. The number of thiazole rings is 4. The molecule has 0 saturated heterocycles. The van der Waals surface area contributed by atoms with Gasteiger partial charge in [0.25, 0.3) is 23.6 Å². The third-order valence-electron chi connectivity index (χ3n) is 19.4. The minimum atomic E-state index is -2.14. The highest BCUT2D eigenvalue weighted by Crippen LogP contribution is 2.48. The summed E-state index contributed by atoms with van der Waals surface area (Å²) in [6, 6.07) is -11.1. The normalized spacial score (nSPS) is 26.9. The fourth-order valence-electron chi connectivity index (χ4n) is 12.3. The lowest BCUT2D eigenvalue weighted by Crippen LogP contribution is -2.57. The minimum absolute atomic E-state index is 0.00605. The Morgan fingerprint density at radius 3 is 2.16 bits per heavy atom. The van der Waals surface area contributed by atoms with Crippen molar-refractivity contribution in [1.29, 1.82) is 0 Å². The van der Waals surface area contributed by atoms with Gasteiger partial charge in [-0.2, -0.15) is 0 Å². The Bertz CT molecular complexity index is 4890. The average Bonchev–Trinajstić information content (AvgIpc) is 1.50. The molecule has 36 nitrogen and oxygen atoms in total. The fourth-order valence-corrected chi connectivity index (χ4v) is 17.5. The predicted molar refractivity (Wildman–Crippen MR) is 424 cm³/mol. The summed E-state index contributed by atoms with van der Waals surface area (Å²) in [5, 5.41) is 103. The molecule has 17 N–H and O–H groups in total. The van der Waals surface area contributed by atoms with Crippen LogP contribution in [-0.4, -0.2) is 202 Å². The van der Waals surface area contributed by atoms with Gasteiger partial charge in [-0.3, -0.25) is 58.5 Å². The van der Waals surface area contributed by atoms with Crippen LogP contribution in [0.15, 0.2) is 92.2 Å². The van der Waals surface area contributed by atoms with Crippen LogP contribution in [0, 0.1) is 5.92 Å². The number of esters is 1. The largest absolute Gasteiger partial charge is 0.477 e. The monoisotopic (exact) mass is 1680 g/mol. The minimum Gasteiger partial charge on any atom is -0.477 e. The Balaban J connectivity index is 1.18. The number of nitrogens with zero attached hydrogens (tertiary/aromatic N) is 7. The SMILES string of the molecule is C=C(NC(=O)C(=C)NC(=O)c1csc(C2=NC3c4csc(n4)C4NC(=S)c5csc(n5)C(C(C)(O)C(C)O)NC(=O)C5CSC(=N5)/C(=C/C)NC(=O)C(C(C)O)NC(=O)c5csc(n5)C3(CC2)NC(=O)C(C)NC(=O)C(=C)NC(=O)C(C)NC(=O)C(C(C)CC)NC2C=Cc3c(C(C)O)cc(nc3C2O)C(=O)OC4C)n1)C(=O)O. The molecule has 17 atom stereocenters. The van der Waals surface area contributed by atoms with Crippen molar-refractivity contribution >= 4 is 156 Å². The number of carbonyl (C=O) groups excluding carboxylic acids is 10. The van der Waals surface area contributed by atoms with E-state index in [0.717, 1.165) is 57.1 Å². The number of carbonyl (C=O) groups is 11. The van der Waals surface area contributed by atoms with Crippen LogP contribution >= 0.6 is 69.3 Å². The van der Waals surface area contributed by atoms with Crippen LogP contribution in [0.25, 0.3) is 6.08 Å². The van der Waals surface area contributed by atoms with Crippen LogP contribution in [0.3, 0.4) is 0 Å². The number of carboxylic acids is 1. The van der Waals surface area contributed by atoms with Crippen molar-refractivity contribution in [2.75, 3.05) is 5.75 Å². The molecule has 606 valence electrons. The van der Waals surface area contributed by atoms with Crippen molar-refractivity contribution in [2.24, 2.45) is 15.9 Å². The molecule has 42 heteroatoms. The van der Waals surface area contributed by atoms with E-state index in [-0.39, 0.29) is 99.7 Å². The summed E-state index contributed by atoms with van der Waals surface area (Å²) in [6.07, 6.45) is -2.84. The number of thiocarbonyl (C=S) groups is 1. The zero-order valence-electron chi connectivity index (χ0n) is 62.9. The lowest BCUT2D eigenvalue weighted by molar-refractivity contribution is -0.134. The highest BCUT2D eigenvalue weighted by atomic mass is 32.2. The molecule has 9 heterocycles. The van der Waals surface area contributed by atoms with Crippen molar-refractivity contribution in [1.82, 2.24) is 83.4 Å². The van der Waals surface area contributed by atoms with Crippen LogP contribution in [-0.2, 0) is 48.6 Å². The summed E-state index contributed by atoms with van der Waals surface area (Å²) in [4.78, 5) is 188. The van der Waals surface area contributed by atoms with Crippen molar-refractivity contribution < 1.29 is 88.1 Å². The molecule has 0 radical (unpaired) electrons. The van der Waals surface area contributed by atoms with E-state index < -0.39 is 190 Å². The summed E-state index contributed by atoms with van der Waals surface area (Å²) >= 11 is 10.8. The number of fused-ring (bicyclic) bond motifs is 7. The molecule has 4 aliphatic heterocycles. The number of hydrogen-bond acceptors (Lipinski definition) is 31. The average molecular weight is 1680 g/mol. The van der Waals surface area contributed by atoms with E-state index in [2.05, 4.69) is 87.9 Å². The van der Waals surface area contributed by atoms with Gasteiger partial charge in [0.15, 0.2) is 0 Å². The number of hydrogen-bond donors (Lipinski definition) is 17. The Kier molecular flexibility index (Phi) is 27.0. The van der Waals surface area contributed by atoms with Crippen LogP contribution in [0.5, 0.6) is 0 Å². The smallest absolute Gasteiger partial charge is 0.357 e. The molecule has 1 aliphatic carbocycles. The number of thioether (sulfide) groups is 1. The number of ether oxygens (including phenoxy) is 1. The second-order valence-electron chi connectivity index (χ2n) is 27.7. The number of allylic oxidation sites excluding steroid dienone is 1. The van der Waals surface area contributed by atoms with E-state index in [1.54, 1.807) is 26.0 Å². The number of pyridine rings is 1. The van der Waals surface area contributed by atoms with E-state index in [1.165, 1.54) is 82.1 Å². The molecule has 17 unspecified atom stereocenters. The van der Waals surface area contributed by atoms with E-state index in [9.17, 15) is 73.8 Å². The maximum Gasteiger partial charge on any atom is 0.357 e. The predicted octanol–water partition coefficient (Wildman–Crippen LogP) is 1.91. The number of rotatable bonds is 12. The number of amides is 9. The molecule has 5 aliphatic rings. The number of nitrogens with one attached hydrogen (secondary N) is 11. The van der Waals surface area contributed by atoms with Gasteiger partial charge in [-0.15, -0.1) is 57.1 Å². The number of carboxylic acid groups (broad SMARTS) is 1. The van der Waals surface area contributed by atoms with Gasteiger partial charge in [0, 0.05) is 32.8 Å². The van der Waals surface area contributed by atoms with E-state index >= 15 is 9.59 Å². The standard InChI is InChI=1S/C72H84N18O18S6/c1-14-26(3)47-61(102)76-29(6)55(96)73-27(4)54(95)74-30(7)57(98)90-72-19-18-40(65-84-43(22-111-65)58(99)75-28(5)56(97)77-31(8)68(104)105)80-52(72)42-21-112-66(82-42)49(34(11)108-69(106)41-20-37(32(9)91)36-16-17-39(78-47)51(94)50(36)79-41)88-63(109)46-25-113-67(85-46)53(71(13,107)35(12)93)89-60(101)44-23-110-64(83-44)38(15-2)81-62(103)48(33(10)92)87-59(100)45-24-114-70(72)86-45/h15-17,20-22,24-26,29-30,32-35,39,44,47-49,51-53,78,91-94,107H,4-5,8,14,18-19,23H2,1-3,6-7,9-13H3,(H,73,96)(H,74,95)(H,75,99)(H,76,102)(H,77,97)(H,81,103)(H,87,100)(H,88,109)(H,89,101)(H,90,98)(H,104,105)/b38-15-. The zero-order valence-corrected chi connectivity index (χ0v) is 67.8. The fraction of sp³-hybridized carbons (Fsp3) is 0.431. The van der Waals surface area contributed by atoms with Gasteiger partial charge < -0.3 is 88.5 Å². The number of aliphatic imine (C=N–C) groups is 2. The molecule has 10 rings (SSSR count). The van der Waals surface area contributed by atoms with Gasteiger partial charge in [-0.1, -0.05) is 70.5 Å². The lowest BCUT2D eigenvalue weighted by Gasteiger charge is -2.41. The summed E-state index contributed by atoms with van der Waals surface area (Å²) < 4.78 is 6.35. The summed E-state index contributed by atoms with van der Waals surface area (Å²) in [7, 11) is 0. The van der Waals surface area contributed by atoms with Crippen molar-refractivity contribution in [3.63, 3.8) is 0 Å². The first-order valence-corrected chi connectivity index (χ1v) is 40.5. The van der Waals surface area contributed by atoms with Crippen molar-refractivity contribution in [3.8, 4) is 0 Å². The third-order valence-corrected chi connectivity index (χ3v) is 24.6. The highest BCUT2D eigenvalue weighted by molar-refractivity contribution is 8.14. The molecule has 0 fully saturated rings. The molecule has 0 saturated carbocycles. The third kappa shape index (κ3) is 18.8. The van der Waals surface area contributed by atoms with Crippen LogP contribution < -0.4 is 58.5 Å². The van der Waals surface area contributed by atoms with Crippen LogP contribution in [0.4, 0.5) is 0 Å². The lowest BCUT2D eigenvalue weighted by atomic mass is 9.80. The van der Waals surface area contributed by atoms with Crippen LogP contribution in [0.1, 0.15) is 199 Å². The molecule has 5 aromatic heterocycles. The van der Waals surface area contributed by atoms with Gasteiger partial charge in [0.1, 0.15) is 124 Å². The van der Waals surface area contributed by atoms with Crippen molar-refractivity contribution in [2.45, 2.75) is 185 Å². The maximum absolute atomic E-state index is 15.4. The van der Waals surface area contributed by atoms with Crippen LogP contribution in [0.2, 0.25) is 0 Å². The van der Waals surface area contributed by atoms with E-state index in [4.69, 9.17) is 36.9 Å². The summed E-state index contributed by atoms with van der Waals surface area (Å²) in [5.41, 5.74) is -6.56. The molecular weight excluding hydrogens is 1600 g/mol. The Hall–Kier alpha value is -10.1. The number of aliphatic hydroxyl groups excluding tert-OH is 4. The first kappa shape index (κ1) is 86.3. The van der Waals surface area contributed by atoms with Gasteiger partial charge in [0.2, 0.25) is 29.5 Å². The quantitative estimate of drug-likeness (QED) is 0.0482. The Morgan fingerprint density at radius 1 is 0.781 bits per heavy atom. The molecule has 0 aromatic carbocycles. The molecule has 9 amide bonds. The van der Waals surface area contributed by atoms with Gasteiger partial charge >= 0.3 is 11.9 Å². The Morgan fingerprint density at radius 2 is 1.48 bits per heavy atom. The number of cyclic esters (lactones) is 1. The van der Waals surface area contributed by atoms with Gasteiger partial charge in [-0.05, 0) is 85.8 Å². The van der Waals surface area contributed by atoms with Crippen molar-refractivity contribution in [3.05, 3.63) is 148 Å². The summed E-state index contributed by atoms with van der Waals surface area (Å²) in [6.45, 7) is 25.1. The Labute approximate surface area is 677 Å². The van der Waals surface area contributed by atoms with Gasteiger partial charge in [0.05, 0.1) is 64.6 Å². The molecule has 0 spiro atoms. The highest BCUT2D eigenvalue weighted by Gasteiger charge is 2.51. The summed E-state index contributed by atoms with van der Waals surface area (Å²) in [5.74, 6) is -11.5. The topological polar surface area (TPSA) is 540 Å². The van der Waals surface area contributed by atoms with E-state index in [0.29, 0.717) is 6.42 Å². The number of aliphatic carboxylic acids is 1. The van der Waals surface area contributed by atoms with E-state index in [1.807, 2.05) is 12.2 Å². The molecule has 114 heavy (non-hydrogen) atoms. The molecule has 13 bridgehead atoms.